The van der Waals surface area contributed by atoms with Crippen LogP contribution in [0.2, 0.25) is 0 Å². The number of fused-ring (bicyclic) bond motifs is 2. The first-order valence-corrected chi connectivity index (χ1v) is 5.91. The fourth-order valence-electron chi connectivity index (χ4n) is 2.69. The molecule has 1 aromatic rings. The van der Waals surface area contributed by atoms with E-state index in [1.165, 1.54) is 16.7 Å². The van der Waals surface area contributed by atoms with Crippen molar-refractivity contribution in [1.82, 2.24) is 5.32 Å². The van der Waals surface area contributed by atoms with Crippen LogP contribution in [0, 0.1) is 0 Å². The second kappa shape index (κ2) is 4.13. The summed E-state index contributed by atoms with van der Waals surface area (Å²) < 4.78 is 5.41. The van der Waals surface area contributed by atoms with E-state index < -0.39 is 5.97 Å². The zero-order valence-corrected chi connectivity index (χ0v) is 9.53. The molecule has 2 aliphatic rings. The van der Waals surface area contributed by atoms with Gasteiger partial charge in [-0.2, -0.15) is 0 Å². The minimum Gasteiger partial charge on any atom is -0.481 e. The van der Waals surface area contributed by atoms with Gasteiger partial charge in [0.25, 0.3) is 0 Å². The summed E-state index contributed by atoms with van der Waals surface area (Å²) in [5.74, 6) is -0.757. The number of ether oxygens (including phenoxy) is 1. The Labute approximate surface area is 99.6 Å². The van der Waals surface area contributed by atoms with Gasteiger partial charge in [0.2, 0.25) is 0 Å². The molecule has 0 aromatic heterocycles. The molecule has 1 unspecified atom stereocenters. The van der Waals surface area contributed by atoms with Crippen molar-refractivity contribution in [3.8, 4) is 0 Å². The highest BCUT2D eigenvalue weighted by Gasteiger charge is 2.24. The number of carboxylic acids is 1. The van der Waals surface area contributed by atoms with Crippen LogP contribution in [0.25, 0.3) is 0 Å². The Morgan fingerprint density at radius 2 is 2.12 bits per heavy atom. The van der Waals surface area contributed by atoms with Crippen molar-refractivity contribution >= 4 is 5.97 Å². The van der Waals surface area contributed by atoms with E-state index in [9.17, 15) is 4.79 Å². The standard InChI is InChI=1S/C13H15NO3/c15-13(16)5-12-11-4-10-7-17-6-9(10)3-8(11)1-2-14-12/h3-4,12,14H,1-2,5-7H2,(H,15,16). The van der Waals surface area contributed by atoms with Crippen LogP contribution in [0.1, 0.15) is 34.7 Å². The fraction of sp³-hybridized carbons (Fsp3) is 0.462. The molecule has 0 fully saturated rings. The third kappa shape index (κ3) is 1.94. The molecule has 4 nitrogen and oxygen atoms in total. The van der Waals surface area contributed by atoms with Crippen molar-refractivity contribution in [2.45, 2.75) is 32.1 Å². The molecule has 0 radical (unpaired) electrons. The topological polar surface area (TPSA) is 58.6 Å². The second-order valence-corrected chi connectivity index (χ2v) is 4.67. The average molecular weight is 233 g/mol. The van der Waals surface area contributed by atoms with Crippen LogP contribution in [-0.4, -0.2) is 17.6 Å². The summed E-state index contributed by atoms with van der Waals surface area (Å²) >= 11 is 0. The SMILES string of the molecule is O=C(O)CC1NCCc2cc3c(cc21)COC3. The number of carboxylic acid groups (broad SMARTS) is 1. The molecule has 0 saturated carbocycles. The molecule has 0 amide bonds. The van der Waals surface area contributed by atoms with Gasteiger partial charge in [-0.25, -0.2) is 0 Å². The lowest BCUT2D eigenvalue weighted by Crippen LogP contribution is -2.31. The van der Waals surface area contributed by atoms with Crippen LogP contribution in [0.3, 0.4) is 0 Å². The lowest BCUT2D eigenvalue weighted by molar-refractivity contribution is -0.137. The second-order valence-electron chi connectivity index (χ2n) is 4.67. The van der Waals surface area contributed by atoms with E-state index in [4.69, 9.17) is 9.84 Å². The average Bonchev–Trinajstić information content (AvgIpc) is 2.73. The molecule has 0 saturated heterocycles. The summed E-state index contributed by atoms with van der Waals surface area (Å²) in [7, 11) is 0. The zero-order valence-electron chi connectivity index (χ0n) is 9.53. The van der Waals surface area contributed by atoms with Gasteiger partial charge in [0.15, 0.2) is 0 Å². The summed E-state index contributed by atoms with van der Waals surface area (Å²) in [6.45, 7) is 2.20. The Bertz CT molecular complexity index is 470. The summed E-state index contributed by atoms with van der Waals surface area (Å²) in [5.41, 5.74) is 4.89. The molecule has 3 rings (SSSR count). The van der Waals surface area contributed by atoms with Crippen LogP contribution in [-0.2, 0) is 29.2 Å². The Morgan fingerprint density at radius 1 is 1.35 bits per heavy atom. The van der Waals surface area contributed by atoms with E-state index in [0.29, 0.717) is 13.2 Å². The van der Waals surface area contributed by atoms with E-state index in [1.54, 1.807) is 0 Å². The Hall–Kier alpha value is -1.39. The van der Waals surface area contributed by atoms with Gasteiger partial charge < -0.3 is 15.2 Å². The normalized spacial score (nSPS) is 22.0. The number of benzene rings is 1. The number of rotatable bonds is 2. The van der Waals surface area contributed by atoms with Crippen LogP contribution in [0.15, 0.2) is 12.1 Å². The number of aliphatic carboxylic acids is 1. The zero-order chi connectivity index (χ0) is 11.8. The molecule has 2 N–H and O–H groups in total. The minimum absolute atomic E-state index is 0.0536. The first-order valence-electron chi connectivity index (χ1n) is 5.91. The van der Waals surface area contributed by atoms with Crippen molar-refractivity contribution in [2.75, 3.05) is 6.54 Å². The monoisotopic (exact) mass is 233 g/mol. The van der Waals surface area contributed by atoms with Gasteiger partial charge in [-0.1, -0.05) is 12.1 Å². The molecule has 1 atom stereocenters. The van der Waals surface area contributed by atoms with E-state index >= 15 is 0 Å². The molecule has 0 bridgehead atoms. The van der Waals surface area contributed by atoms with Gasteiger partial charge in [0.1, 0.15) is 0 Å². The van der Waals surface area contributed by atoms with Crippen molar-refractivity contribution in [1.29, 1.82) is 0 Å². The minimum atomic E-state index is -0.757. The first-order chi connectivity index (χ1) is 8.24. The highest BCUT2D eigenvalue weighted by molar-refractivity contribution is 5.68. The molecule has 17 heavy (non-hydrogen) atoms. The molecule has 1 aromatic carbocycles. The van der Waals surface area contributed by atoms with Gasteiger partial charge in [-0.05, 0) is 35.2 Å². The maximum atomic E-state index is 10.8. The van der Waals surface area contributed by atoms with Crippen molar-refractivity contribution < 1.29 is 14.6 Å². The molecule has 4 heteroatoms. The number of hydrogen-bond donors (Lipinski definition) is 2. The molecular formula is C13H15NO3. The summed E-state index contributed by atoms with van der Waals surface area (Å²) in [5, 5.41) is 12.2. The highest BCUT2D eigenvalue weighted by Crippen LogP contribution is 2.31. The third-order valence-corrected chi connectivity index (χ3v) is 3.52. The highest BCUT2D eigenvalue weighted by atomic mass is 16.5. The largest absolute Gasteiger partial charge is 0.481 e. The Morgan fingerprint density at radius 3 is 2.88 bits per heavy atom. The van der Waals surface area contributed by atoms with Gasteiger partial charge >= 0.3 is 5.97 Å². The molecule has 2 heterocycles. The maximum absolute atomic E-state index is 10.8. The third-order valence-electron chi connectivity index (χ3n) is 3.52. The Balaban J connectivity index is 1.98. The lowest BCUT2D eigenvalue weighted by Gasteiger charge is -2.26. The maximum Gasteiger partial charge on any atom is 0.305 e. The Kier molecular flexibility index (Phi) is 2.61. The van der Waals surface area contributed by atoms with E-state index in [0.717, 1.165) is 18.5 Å². The summed E-state index contributed by atoms with van der Waals surface area (Å²) in [6.07, 6.45) is 1.12. The summed E-state index contributed by atoms with van der Waals surface area (Å²) in [4.78, 5) is 10.8. The van der Waals surface area contributed by atoms with Crippen LogP contribution in [0.4, 0.5) is 0 Å². The van der Waals surface area contributed by atoms with Crippen LogP contribution >= 0.6 is 0 Å². The quantitative estimate of drug-likeness (QED) is 0.810. The molecule has 90 valence electrons. The van der Waals surface area contributed by atoms with Crippen LogP contribution < -0.4 is 5.32 Å². The van der Waals surface area contributed by atoms with Gasteiger partial charge in [0, 0.05) is 6.04 Å². The van der Waals surface area contributed by atoms with Crippen molar-refractivity contribution in [3.05, 3.63) is 34.4 Å². The summed E-state index contributed by atoms with van der Waals surface area (Å²) in [6, 6.07) is 4.26. The molecule has 2 aliphatic heterocycles. The smallest absolute Gasteiger partial charge is 0.305 e. The van der Waals surface area contributed by atoms with Crippen molar-refractivity contribution in [3.63, 3.8) is 0 Å². The molecular weight excluding hydrogens is 218 g/mol. The molecule has 0 aliphatic carbocycles. The van der Waals surface area contributed by atoms with E-state index in [2.05, 4.69) is 17.4 Å². The number of hydrogen-bond acceptors (Lipinski definition) is 3. The van der Waals surface area contributed by atoms with E-state index in [1.807, 2.05) is 0 Å². The predicted octanol–water partition coefficient (Wildman–Crippen LogP) is 1.38. The first kappa shape index (κ1) is 10.7. The fourth-order valence-corrected chi connectivity index (χ4v) is 2.69. The molecule has 0 spiro atoms. The van der Waals surface area contributed by atoms with Gasteiger partial charge in [-0.15, -0.1) is 0 Å². The lowest BCUT2D eigenvalue weighted by atomic mass is 9.89. The van der Waals surface area contributed by atoms with Gasteiger partial charge in [0.05, 0.1) is 19.6 Å². The predicted molar refractivity (Wildman–Crippen MR) is 61.6 cm³/mol. The number of nitrogens with one attached hydrogen (secondary N) is 1. The van der Waals surface area contributed by atoms with Crippen molar-refractivity contribution in [2.24, 2.45) is 0 Å². The van der Waals surface area contributed by atoms with Gasteiger partial charge in [-0.3, -0.25) is 4.79 Å². The van der Waals surface area contributed by atoms with Crippen LogP contribution in [0.5, 0.6) is 0 Å². The van der Waals surface area contributed by atoms with E-state index in [-0.39, 0.29) is 12.5 Å². The number of carbonyl (C=O) groups is 1.